The monoisotopic (exact) mass is 337 g/mol. The predicted molar refractivity (Wildman–Crippen MR) is 92.5 cm³/mol. The molecule has 0 unspecified atom stereocenters. The highest BCUT2D eigenvalue weighted by Crippen LogP contribution is 2.33. The van der Waals surface area contributed by atoms with E-state index in [2.05, 4.69) is 5.32 Å². The third-order valence-corrected chi connectivity index (χ3v) is 4.55. The standard InChI is InChI=1S/C19H19N3O3/c1-2-19(15-6-4-3-5-7-15)17(24)22(18(25)21-19)12-13-8-10-14(11-9-13)16(20)23/h3-11H,2,12H2,1H3,(H2,20,23)(H,21,25)/t19-/m0/s1. The lowest BCUT2D eigenvalue weighted by Crippen LogP contribution is -2.43. The van der Waals surface area contributed by atoms with Crippen LogP contribution in [-0.4, -0.2) is 22.7 Å². The summed E-state index contributed by atoms with van der Waals surface area (Å²) in [5.41, 5.74) is 6.08. The number of nitrogens with zero attached hydrogens (tertiary/aromatic N) is 1. The van der Waals surface area contributed by atoms with E-state index in [1.165, 1.54) is 4.90 Å². The topological polar surface area (TPSA) is 92.5 Å². The SMILES string of the molecule is CC[C@@]1(c2ccccc2)NC(=O)N(Cc2ccc(C(N)=O)cc2)C1=O. The maximum Gasteiger partial charge on any atom is 0.325 e. The molecule has 1 fully saturated rings. The number of carbonyl (C=O) groups is 3. The minimum Gasteiger partial charge on any atom is -0.366 e. The van der Waals surface area contributed by atoms with Gasteiger partial charge in [0, 0.05) is 5.56 Å². The zero-order valence-electron chi connectivity index (χ0n) is 13.9. The van der Waals surface area contributed by atoms with E-state index in [1.54, 1.807) is 24.3 Å². The van der Waals surface area contributed by atoms with E-state index in [-0.39, 0.29) is 12.5 Å². The van der Waals surface area contributed by atoms with Crippen LogP contribution < -0.4 is 11.1 Å². The van der Waals surface area contributed by atoms with Gasteiger partial charge in [-0.2, -0.15) is 0 Å². The number of carbonyl (C=O) groups excluding carboxylic acids is 3. The molecule has 2 aromatic rings. The van der Waals surface area contributed by atoms with E-state index in [1.807, 2.05) is 37.3 Å². The summed E-state index contributed by atoms with van der Waals surface area (Å²) in [5, 5.41) is 2.85. The third-order valence-electron chi connectivity index (χ3n) is 4.55. The first kappa shape index (κ1) is 16.7. The zero-order valence-corrected chi connectivity index (χ0v) is 13.9. The summed E-state index contributed by atoms with van der Waals surface area (Å²) in [5.74, 6) is -0.791. The van der Waals surface area contributed by atoms with Crippen LogP contribution in [0, 0.1) is 0 Å². The van der Waals surface area contributed by atoms with E-state index >= 15 is 0 Å². The molecule has 0 radical (unpaired) electrons. The lowest BCUT2D eigenvalue weighted by atomic mass is 9.87. The molecule has 3 rings (SSSR count). The van der Waals surface area contributed by atoms with Crippen molar-refractivity contribution in [2.75, 3.05) is 0 Å². The van der Waals surface area contributed by atoms with Crippen molar-refractivity contribution in [2.24, 2.45) is 5.73 Å². The van der Waals surface area contributed by atoms with Crippen molar-refractivity contribution in [3.63, 3.8) is 0 Å². The van der Waals surface area contributed by atoms with Gasteiger partial charge in [0.1, 0.15) is 5.54 Å². The molecule has 2 aromatic carbocycles. The summed E-state index contributed by atoms with van der Waals surface area (Å²) in [4.78, 5) is 37.8. The Morgan fingerprint density at radius 2 is 1.72 bits per heavy atom. The number of nitrogens with one attached hydrogen (secondary N) is 1. The number of urea groups is 1. The summed E-state index contributed by atoms with van der Waals surface area (Å²) in [6, 6.07) is 15.4. The summed E-state index contributed by atoms with van der Waals surface area (Å²) in [6.07, 6.45) is 0.457. The largest absolute Gasteiger partial charge is 0.366 e. The average Bonchev–Trinajstić information content (AvgIpc) is 2.88. The molecule has 6 heteroatoms. The Kier molecular flexibility index (Phi) is 4.27. The lowest BCUT2D eigenvalue weighted by molar-refractivity contribution is -0.132. The highest BCUT2D eigenvalue weighted by Gasteiger charge is 2.50. The number of nitrogens with two attached hydrogens (primary N) is 1. The van der Waals surface area contributed by atoms with E-state index in [0.717, 1.165) is 11.1 Å². The van der Waals surface area contributed by atoms with Crippen molar-refractivity contribution in [3.8, 4) is 0 Å². The molecule has 25 heavy (non-hydrogen) atoms. The highest BCUT2D eigenvalue weighted by atomic mass is 16.2. The van der Waals surface area contributed by atoms with E-state index in [0.29, 0.717) is 12.0 Å². The Bertz CT molecular complexity index is 818. The van der Waals surface area contributed by atoms with Crippen LogP contribution in [0.2, 0.25) is 0 Å². The molecule has 6 nitrogen and oxygen atoms in total. The summed E-state index contributed by atoms with van der Waals surface area (Å²) in [7, 11) is 0. The van der Waals surface area contributed by atoms with Gasteiger partial charge in [-0.1, -0.05) is 49.4 Å². The Balaban J connectivity index is 1.87. The van der Waals surface area contributed by atoms with Crippen LogP contribution in [0.1, 0.15) is 34.8 Å². The van der Waals surface area contributed by atoms with Crippen molar-refractivity contribution in [2.45, 2.75) is 25.4 Å². The highest BCUT2D eigenvalue weighted by molar-refractivity contribution is 6.07. The molecule has 0 aromatic heterocycles. The fourth-order valence-electron chi connectivity index (χ4n) is 3.09. The number of benzene rings is 2. The molecule has 1 aliphatic heterocycles. The average molecular weight is 337 g/mol. The maximum atomic E-state index is 13.0. The Morgan fingerprint density at radius 3 is 2.28 bits per heavy atom. The number of hydrogen-bond acceptors (Lipinski definition) is 3. The number of primary amides is 1. The van der Waals surface area contributed by atoms with Gasteiger partial charge in [0.2, 0.25) is 5.91 Å². The van der Waals surface area contributed by atoms with Crippen molar-refractivity contribution in [1.29, 1.82) is 0 Å². The fraction of sp³-hybridized carbons (Fsp3) is 0.211. The van der Waals surface area contributed by atoms with Gasteiger partial charge in [0.05, 0.1) is 6.54 Å². The molecule has 0 saturated carbocycles. The zero-order chi connectivity index (χ0) is 18.0. The first-order chi connectivity index (χ1) is 12.0. The summed E-state index contributed by atoms with van der Waals surface area (Å²) in [6.45, 7) is 2.01. The fourth-order valence-corrected chi connectivity index (χ4v) is 3.09. The molecule has 0 aliphatic carbocycles. The van der Waals surface area contributed by atoms with Crippen molar-refractivity contribution >= 4 is 17.8 Å². The molecule has 1 saturated heterocycles. The molecule has 0 bridgehead atoms. The first-order valence-electron chi connectivity index (χ1n) is 8.06. The quantitative estimate of drug-likeness (QED) is 0.819. The predicted octanol–water partition coefficient (Wildman–Crippen LogP) is 2.14. The smallest absolute Gasteiger partial charge is 0.325 e. The molecule has 1 atom stereocenters. The molecule has 128 valence electrons. The van der Waals surface area contributed by atoms with Crippen molar-refractivity contribution < 1.29 is 14.4 Å². The number of amides is 4. The van der Waals surface area contributed by atoms with Crippen molar-refractivity contribution in [3.05, 3.63) is 71.3 Å². The molecular weight excluding hydrogens is 318 g/mol. The second-order valence-corrected chi connectivity index (χ2v) is 6.01. The van der Waals surface area contributed by atoms with Gasteiger partial charge in [-0.3, -0.25) is 14.5 Å². The van der Waals surface area contributed by atoms with E-state index in [9.17, 15) is 14.4 Å². The van der Waals surface area contributed by atoms with Crippen LogP contribution in [-0.2, 0) is 16.9 Å². The lowest BCUT2D eigenvalue weighted by Gasteiger charge is -2.25. The second kappa shape index (κ2) is 6.39. The third kappa shape index (κ3) is 2.87. The molecule has 1 aliphatic rings. The summed E-state index contributed by atoms with van der Waals surface area (Å²) >= 11 is 0. The Labute approximate surface area is 145 Å². The number of imide groups is 1. The minimum absolute atomic E-state index is 0.137. The molecule has 4 amide bonds. The molecular formula is C19H19N3O3. The van der Waals surface area contributed by atoms with Gasteiger partial charge in [0.15, 0.2) is 0 Å². The maximum absolute atomic E-state index is 13.0. The normalized spacial score (nSPS) is 19.8. The van der Waals surface area contributed by atoms with E-state index < -0.39 is 17.5 Å². The first-order valence-corrected chi connectivity index (χ1v) is 8.06. The van der Waals surface area contributed by atoms with Gasteiger partial charge in [-0.25, -0.2) is 4.79 Å². The number of hydrogen-bond donors (Lipinski definition) is 2. The van der Waals surface area contributed by atoms with Crippen LogP contribution in [0.25, 0.3) is 0 Å². The molecule has 0 spiro atoms. The van der Waals surface area contributed by atoms with Crippen molar-refractivity contribution in [1.82, 2.24) is 10.2 Å². The summed E-state index contributed by atoms with van der Waals surface area (Å²) < 4.78 is 0. The van der Waals surface area contributed by atoms with Gasteiger partial charge >= 0.3 is 6.03 Å². The Morgan fingerprint density at radius 1 is 1.08 bits per heavy atom. The van der Waals surface area contributed by atoms with Gasteiger partial charge in [-0.05, 0) is 29.7 Å². The van der Waals surface area contributed by atoms with Gasteiger partial charge < -0.3 is 11.1 Å². The van der Waals surface area contributed by atoms with Crippen LogP contribution in [0.15, 0.2) is 54.6 Å². The molecule has 1 heterocycles. The van der Waals surface area contributed by atoms with Crippen LogP contribution in [0.4, 0.5) is 4.79 Å². The van der Waals surface area contributed by atoms with E-state index in [4.69, 9.17) is 5.73 Å². The van der Waals surface area contributed by atoms with Crippen LogP contribution in [0.3, 0.4) is 0 Å². The van der Waals surface area contributed by atoms with Gasteiger partial charge in [-0.15, -0.1) is 0 Å². The van der Waals surface area contributed by atoms with Crippen LogP contribution in [0.5, 0.6) is 0 Å². The van der Waals surface area contributed by atoms with Gasteiger partial charge in [0.25, 0.3) is 5.91 Å². The van der Waals surface area contributed by atoms with Crippen LogP contribution >= 0.6 is 0 Å². The Hall–Kier alpha value is -3.15. The second-order valence-electron chi connectivity index (χ2n) is 6.01. The minimum atomic E-state index is -1.04. The number of rotatable bonds is 5. The molecule has 3 N–H and O–H groups in total.